The number of rotatable bonds is 6. The summed E-state index contributed by atoms with van der Waals surface area (Å²) in [7, 11) is 0. The van der Waals surface area contributed by atoms with Gasteiger partial charge < -0.3 is 15.8 Å². The fourth-order valence-corrected chi connectivity index (χ4v) is 2.15. The number of ether oxygens (including phenoxy) is 1. The van der Waals surface area contributed by atoms with Gasteiger partial charge in [-0.3, -0.25) is 0 Å². The van der Waals surface area contributed by atoms with Crippen LogP contribution in [0.25, 0.3) is 0 Å². The maximum absolute atomic E-state index is 6.07. The van der Waals surface area contributed by atoms with Crippen molar-refractivity contribution in [3.8, 4) is 5.75 Å². The van der Waals surface area contributed by atoms with Gasteiger partial charge in [-0.15, -0.1) is 0 Å². The van der Waals surface area contributed by atoms with Gasteiger partial charge in [0.15, 0.2) is 0 Å². The number of benzene rings is 1. The highest BCUT2D eigenvalue weighted by Gasteiger charge is 2.13. The predicted octanol–water partition coefficient (Wildman–Crippen LogP) is 3.15. The molecule has 0 bridgehead atoms. The van der Waals surface area contributed by atoms with E-state index >= 15 is 0 Å². The first-order chi connectivity index (χ1) is 9.99. The summed E-state index contributed by atoms with van der Waals surface area (Å²) in [6, 6.07) is 8.30. The Morgan fingerprint density at radius 1 is 1.33 bits per heavy atom. The molecule has 21 heavy (non-hydrogen) atoms. The van der Waals surface area contributed by atoms with Crippen molar-refractivity contribution in [3.63, 3.8) is 0 Å². The second-order valence-electron chi connectivity index (χ2n) is 5.48. The van der Waals surface area contributed by atoms with Crippen LogP contribution in [0.3, 0.4) is 0 Å². The van der Waals surface area contributed by atoms with Crippen LogP contribution in [0.2, 0.25) is 0 Å². The summed E-state index contributed by atoms with van der Waals surface area (Å²) in [6.07, 6.45) is 0. The zero-order valence-corrected chi connectivity index (χ0v) is 13.2. The quantitative estimate of drug-likeness (QED) is 0.801. The SMILES string of the molecule is Cc1cccc(OCCNc2c(N)c(C)nn2C(C)C)c1. The average Bonchev–Trinajstić information content (AvgIpc) is 2.72. The van der Waals surface area contributed by atoms with Gasteiger partial charge in [0.05, 0.1) is 17.9 Å². The number of anilines is 2. The van der Waals surface area contributed by atoms with Gasteiger partial charge in [-0.25, -0.2) is 4.68 Å². The molecular weight excluding hydrogens is 264 g/mol. The van der Waals surface area contributed by atoms with E-state index in [0.29, 0.717) is 18.8 Å². The van der Waals surface area contributed by atoms with Gasteiger partial charge in [0.1, 0.15) is 18.2 Å². The monoisotopic (exact) mass is 288 g/mol. The van der Waals surface area contributed by atoms with Crippen LogP contribution in [0, 0.1) is 13.8 Å². The largest absolute Gasteiger partial charge is 0.492 e. The molecule has 5 heteroatoms. The first kappa shape index (κ1) is 15.2. The highest BCUT2D eigenvalue weighted by Crippen LogP contribution is 2.25. The number of nitrogens with two attached hydrogens (primary N) is 1. The molecule has 2 rings (SSSR count). The zero-order chi connectivity index (χ0) is 15.4. The molecule has 1 aromatic carbocycles. The molecule has 0 spiro atoms. The molecule has 0 radical (unpaired) electrons. The molecule has 114 valence electrons. The number of hydrogen-bond donors (Lipinski definition) is 2. The Hall–Kier alpha value is -2.17. The molecule has 5 nitrogen and oxygen atoms in total. The molecule has 1 heterocycles. The molecule has 0 fully saturated rings. The molecule has 0 saturated carbocycles. The zero-order valence-electron chi connectivity index (χ0n) is 13.2. The van der Waals surface area contributed by atoms with E-state index in [-0.39, 0.29) is 6.04 Å². The van der Waals surface area contributed by atoms with Gasteiger partial charge in [-0.05, 0) is 45.4 Å². The van der Waals surface area contributed by atoms with Crippen LogP contribution in [0.4, 0.5) is 11.5 Å². The number of aryl methyl sites for hydroxylation is 2. The van der Waals surface area contributed by atoms with Gasteiger partial charge in [0.2, 0.25) is 0 Å². The van der Waals surface area contributed by atoms with Gasteiger partial charge >= 0.3 is 0 Å². The molecule has 0 aliphatic carbocycles. The summed E-state index contributed by atoms with van der Waals surface area (Å²) in [4.78, 5) is 0. The summed E-state index contributed by atoms with van der Waals surface area (Å²) >= 11 is 0. The lowest BCUT2D eigenvalue weighted by Gasteiger charge is -2.14. The lowest BCUT2D eigenvalue weighted by Crippen LogP contribution is -2.16. The average molecular weight is 288 g/mol. The highest BCUT2D eigenvalue weighted by atomic mass is 16.5. The standard InChI is InChI=1S/C16H24N4O/c1-11(2)20-16(15(17)13(4)19-20)18-8-9-21-14-7-5-6-12(3)10-14/h5-7,10-11,18H,8-9,17H2,1-4H3. The van der Waals surface area contributed by atoms with Crippen LogP contribution in [-0.4, -0.2) is 22.9 Å². The van der Waals surface area contributed by atoms with E-state index in [2.05, 4.69) is 37.3 Å². The number of hydrogen-bond acceptors (Lipinski definition) is 4. The van der Waals surface area contributed by atoms with Crippen LogP contribution in [0.5, 0.6) is 5.75 Å². The summed E-state index contributed by atoms with van der Waals surface area (Å²) in [5.41, 5.74) is 8.82. The summed E-state index contributed by atoms with van der Waals surface area (Å²) in [5, 5.41) is 7.77. The minimum absolute atomic E-state index is 0.265. The molecular formula is C16H24N4O. The fourth-order valence-electron chi connectivity index (χ4n) is 2.15. The Morgan fingerprint density at radius 3 is 2.76 bits per heavy atom. The number of nitrogens with zero attached hydrogens (tertiary/aromatic N) is 2. The van der Waals surface area contributed by atoms with E-state index in [1.165, 1.54) is 5.56 Å². The van der Waals surface area contributed by atoms with Crippen LogP contribution in [0.1, 0.15) is 31.1 Å². The van der Waals surface area contributed by atoms with Gasteiger partial charge in [-0.2, -0.15) is 5.10 Å². The Labute approximate surface area is 126 Å². The van der Waals surface area contributed by atoms with Crippen molar-refractivity contribution in [1.29, 1.82) is 0 Å². The normalized spacial score (nSPS) is 10.9. The minimum atomic E-state index is 0.265. The van der Waals surface area contributed by atoms with Crippen molar-refractivity contribution >= 4 is 11.5 Å². The van der Waals surface area contributed by atoms with Gasteiger partial charge in [-0.1, -0.05) is 12.1 Å². The minimum Gasteiger partial charge on any atom is -0.492 e. The summed E-state index contributed by atoms with van der Waals surface area (Å²) < 4.78 is 7.64. The third kappa shape index (κ3) is 3.68. The molecule has 0 unspecified atom stereocenters. The molecule has 1 aromatic heterocycles. The maximum atomic E-state index is 6.07. The van der Waals surface area contributed by atoms with E-state index in [9.17, 15) is 0 Å². The molecule has 0 aliphatic rings. The molecule has 0 aliphatic heterocycles. The lowest BCUT2D eigenvalue weighted by atomic mass is 10.2. The van der Waals surface area contributed by atoms with Crippen molar-refractivity contribution < 1.29 is 4.74 Å². The van der Waals surface area contributed by atoms with E-state index in [4.69, 9.17) is 10.5 Å². The van der Waals surface area contributed by atoms with Crippen LogP contribution < -0.4 is 15.8 Å². The Balaban J connectivity index is 1.92. The van der Waals surface area contributed by atoms with Crippen molar-refractivity contribution in [3.05, 3.63) is 35.5 Å². The molecule has 0 amide bonds. The fraction of sp³-hybridized carbons (Fsp3) is 0.438. The summed E-state index contributed by atoms with van der Waals surface area (Å²) in [6.45, 7) is 9.39. The van der Waals surface area contributed by atoms with E-state index < -0.39 is 0 Å². The topological polar surface area (TPSA) is 65.1 Å². The van der Waals surface area contributed by atoms with Gasteiger partial charge in [0, 0.05) is 6.04 Å². The second-order valence-corrected chi connectivity index (χ2v) is 5.48. The predicted molar refractivity (Wildman–Crippen MR) is 86.9 cm³/mol. The van der Waals surface area contributed by atoms with Crippen molar-refractivity contribution in [1.82, 2.24) is 9.78 Å². The number of nitrogen functional groups attached to an aromatic ring is 1. The highest BCUT2D eigenvalue weighted by molar-refractivity contribution is 5.64. The van der Waals surface area contributed by atoms with Crippen LogP contribution in [-0.2, 0) is 0 Å². The van der Waals surface area contributed by atoms with Crippen LogP contribution >= 0.6 is 0 Å². The van der Waals surface area contributed by atoms with Crippen molar-refractivity contribution in [2.45, 2.75) is 33.7 Å². The first-order valence-corrected chi connectivity index (χ1v) is 7.27. The second kappa shape index (κ2) is 6.52. The Morgan fingerprint density at radius 2 is 2.10 bits per heavy atom. The lowest BCUT2D eigenvalue weighted by molar-refractivity contribution is 0.332. The molecule has 3 N–H and O–H groups in total. The molecule has 0 saturated heterocycles. The Kier molecular flexibility index (Phi) is 4.73. The summed E-state index contributed by atoms with van der Waals surface area (Å²) in [5.74, 6) is 1.76. The third-order valence-corrected chi connectivity index (χ3v) is 3.27. The van der Waals surface area contributed by atoms with E-state index in [1.807, 2.05) is 29.8 Å². The van der Waals surface area contributed by atoms with E-state index in [0.717, 1.165) is 17.3 Å². The number of nitrogens with one attached hydrogen (secondary N) is 1. The smallest absolute Gasteiger partial charge is 0.148 e. The maximum Gasteiger partial charge on any atom is 0.148 e. The van der Waals surface area contributed by atoms with Crippen molar-refractivity contribution in [2.24, 2.45) is 0 Å². The van der Waals surface area contributed by atoms with Crippen LogP contribution in [0.15, 0.2) is 24.3 Å². The van der Waals surface area contributed by atoms with E-state index in [1.54, 1.807) is 0 Å². The first-order valence-electron chi connectivity index (χ1n) is 7.27. The molecule has 0 atom stereocenters. The molecule has 2 aromatic rings. The Bertz CT molecular complexity index is 604. The van der Waals surface area contributed by atoms with Gasteiger partial charge in [0.25, 0.3) is 0 Å². The van der Waals surface area contributed by atoms with Crippen molar-refractivity contribution in [2.75, 3.05) is 24.2 Å². The third-order valence-electron chi connectivity index (χ3n) is 3.27. The number of aromatic nitrogens is 2.